The van der Waals surface area contributed by atoms with Gasteiger partial charge in [0, 0.05) is 0 Å². The molecule has 0 heterocycles. The van der Waals surface area contributed by atoms with Gasteiger partial charge in [-0.2, -0.15) is 0 Å². The van der Waals surface area contributed by atoms with Crippen LogP contribution < -0.4 is 5.32 Å². The second-order valence-corrected chi connectivity index (χ2v) is 6.44. The highest BCUT2D eigenvalue weighted by molar-refractivity contribution is 5.94. The fourth-order valence-electron chi connectivity index (χ4n) is 4.71. The summed E-state index contributed by atoms with van der Waals surface area (Å²) in [4.78, 5) is 23.1. The minimum absolute atomic E-state index is 0.103. The Balaban J connectivity index is 1.77. The van der Waals surface area contributed by atoms with E-state index in [2.05, 4.69) is 11.9 Å². The molecule has 4 rings (SSSR count). The lowest BCUT2D eigenvalue weighted by molar-refractivity contribution is -0.147. The van der Waals surface area contributed by atoms with Gasteiger partial charge in [0.25, 0.3) is 0 Å². The van der Waals surface area contributed by atoms with Crippen LogP contribution in [0.5, 0.6) is 0 Å². The highest BCUT2D eigenvalue weighted by Gasteiger charge is 2.54. The first kappa shape index (κ1) is 11.8. The van der Waals surface area contributed by atoms with Crippen LogP contribution in [0.15, 0.2) is 12.3 Å². The average Bonchev–Trinajstić information content (AvgIpc) is 2.26. The molecule has 0 radical (unpaired) electrons. The molecule has 4 aliphatic rings. The molecule has 0 aromatic rings. The number of aliphatic carboxylic acids is 1. The Bertz CT molecular complexity index is 391. The number of hydrogen-bond acceptors (Lipinski definition) is 2. The van der Waals surface area contributed by atoms with Gasteiger partial charge in [0.15, 0.2) is 0 Å². The van der Waals surface area contributed by atoms with Crippen LogP contribution in [0.2, 0.25) is 0 Å². The molecule has 0 aromatic carbocycles. The lowest BCUT2D eigenvalue weighted by atomic mass is 9.49. The Labute approximate surface area is 106 Å². The summed E-state index contributed by atoms with van der Waals surface area (Å²) in [5.41, 5.74) is -0.497. The van der Waals surface area contributed by atoms with Crippen molar-refractivity contribution in [3.05, 3.63) is 12.3 Å². The summed E-state index contributed by atoms with van der Waals surface area (Å²) in [5, 5.41) is 11.3. The smallest absolute Gasteiger partial charge is 0.351 e. The van der Waals surface area contributed by atoms with Gasteiger partial charge in [-0.1, -0.05) is 6.58 Å². The topological polar surface area (TPSA) is 66.4 Å². The SMILES string of the molecule is C=C(NC(=O)C12CC3CC(CC(C3)C1)C2)C(=O)O. The van der Waals surface area contributed by atoms with E-state index in [-0.39, 0.29) is 17.0 Å². The minimum Gasteiger partial charge on any atom is -0.477 e. The molecule has 0 spiro atoms. The minimum atomic E-state index is -1.15. The molecule has 0 saturated heterocycles. The maximum atomic E-state index is 12.4. The summed E-state index contributed by atoms with van der Waals surface area (Å²) in [7, 11) is 0. The molecule has 4 aliphatic carbocycles. The summed E-state index contributed by atoms with van der Waals surface area (Å²) in [6.07, 6.45) is 6.64. The first-order chi connectivity index (χ1) is 8.48. The van der Waals surface area contributed by atoms with Crippen molar-refractivity contribution >= 4 is 11.9 Å². The van der Waals surface area contributed by atoms with E-state index in [1.807, 2.05) is 0 Å². The van der Waals surface area contributed by atoms with Gasteiger partial charge in [0.1, 0.15) is 5.70 Å². The van der Waals surface area contributed by atoms with Crippen LogP contribution in [0.3, 0.4) is 0 Å². The molecule has 2 N–H and O–H groups in total. The molecule has 98 valence electrons. The molecule has 4 bridgehead atoms. The maximum absolute atomic E-state index is 12.4. The first-order valence-corrected chi connectivity index (χ1v) is 6.72. The third-order valence-electron chi connectivity index (χ3n) is 5.04. The van der Waals surface area contributed by atoms with Gasteiger partial charge >= 0.3 is 5.97 Å². The largest absolute Gasteiger partial charge is 0.477 e. The van der Waals surface area contributed by atoms with E-state index in [0.29, 0.717) is 17.8 Å². The number of amides is 1. The molecule has 18 heavy (non-hydrogen) atoms. The predicted octanol–water partition coefficient (Wildman–Crippen LogP) is 1.92. The molecule has 4 nitrogen and oxygen atoms in total. The number of carbonyl (C=O) groups is 2. The molecular formula is C14H19NO3. The van der Waals surface area contributed by atoms with Crippen LogP contribution in [0.25, 0.3) is 0 Å². The zero-order valence-corrected chi connectivity index (χ0v) is 10.4. The normalized spacial score (nSPS) is 40.6. The number of carbonyl (C=O) groups excluding carboxylic acids is 1. The van der Waals surface area contributed by atoms with Gasteiger partial charge < -0.3 is 10.4 Å². The number of carboxylic acids is 1. The van der Waals surface area contributed by atoms with Gasteiger partial charge in [-0.25, -0.2) is 4.79 Å². The zero-order valence-electron chi connectivity index (χ0n) is 10.4. The van der Waals surface area contributed by atoms with Gasteiger partial charge in [-0.3, -0.25) is 4.79 Å². The van der Waals surface area contributed by atoms with E-state index in [4.69, 9.17) is 5.11 Å². The summed E-state index contributed by atoms with van der Waals surface area (Å²) in [6.45, 7) is 3.39. The first-order valence-electron chi connectivity index (χ1n) is 6.72. The lowest BCUT2D eigenvalue weighted by Gasteiger charge is -2.55. The zero-order chi connectivity index (χ0) is 12.9. The third kappa shape index (κ3) is 1.74. The lowest BCUT2D eigenvalue weighted by Crippen LogP contribution is -2.53. The maximum Gasteiger partial charge on any atom is 0.351 e. The van der Waals surface area contributed by atoms with Crippen molar-refractivity contribution < 1.29 is 14.7 Å². The summed E-state index contributed by atoms with van der Waals surface area (Å²) in [6, 6.07) is 0. The van der Waals surface area contributed by atoms with Crippen LogP contribution in [0.4, 0.5) is 0 Å². The van der Waals surface area contributed by atoms with Crippen LogP contribution >= 0.6 is 0 Å². The molecular weight excluding hydrogens is 230 g/mol. The van der Waals surface area contributed by atoms with Crippen molar-refractivity contribution in [3.8, 4) is 0 Å². The average molecular weight is 249 g/mol. The Morgan fingerprint density at radius 2 is 1.50 bits per heavy atom. The van der Waals surface area contributed by atoms with E-state index in [1.165, 1.54) is 19.3 Å². The number of nitrogens with one attached hydrogen (secondary N) is 1. The molecule has 4 fully saturated rings. The molecule has 0 atom stereocenters. The Morgan fingerprint density at radius 3 is 1.89 bits per heavy atom. The fraction of sp³-hybridized carbons (Fsp3) is 0.714. The standard InChI is InChI=1S/C14H19NO3/c1-8(12(16)17)15-13(18)14-5-9-2-10(6-14)4-11(3-9)7-14/h9-11H,1-7H2,(H,15,18)(H,16,17). The Kier molecular flexibility index (Phi) is 2.50. The Morgan fingerprint density at radius 1 is 1.06 bits per heavy atom. The third-order valence-corrected chi connectivity index (χ3v) is 5.04. The Hall–Kier alpha value is -1.32. The van der Waals surface area contributed by atoms with Crippen LogP contribution in [-0.4, -0.2) is 17.0 Å². The van der Waals surface area contributed by atoms with Crippen LogP contribution in [0.1, 0.15) is 38.5 Å². The molecule has 1 amide bonds. The summed E-state index contributed by atoms with van der Waals surface area (Å²) < 4.78 is 0. The van der Waals surface area contributed by atoms with Gasteiger partial charge in [0.05, 0.1) is 5.41 Å². The molecule has 4 heteroatoms. The molecule has 0 aromatic heterocycles. The quantitative estimate of drug-likeness (QED) is 0.751. The molecule has 4 saturated carbocycles. The highest BCUT2D eigenvalue weighted by Crippen LogP contribution is 2.60. The second kappa shape index (κ2) is 3.84. The van der Waals surface area contributed by atoms with Gasteiger partial charge in [-0.15, -0.1) is 0 Å². The summed E-state index contributed by atoms with van der Waals surface area (Å²) in [5.74, 6) is 0.794. The van der Waals surface area contributed by atoms with E-state index in [9.17, 15) is 9.59 Å². The van der Waals surface area contributed by atoms with Crippen LogP contribution in [0, 0.1) is 23.2 Å². The highest BCUT2D eigenvalue weighted by atomic mass is 16.4. The van der Waals surface area contributed by atoms with E-state index < -0.39 is 5.97 Å². The number of hydrogen-bond donors (Lipinski definition) is 2. The van der Waals surface area contributed by atoms with E-state index in [0.717, 1.165) is 19.3 Å². The fourth-order valence-corrected chi connectivity index (χ4v) is 4.71. The number of rotatable bonds is 3. The van der Waals surface area contributed by atoms with E-state index in [1.54, 1.807) is 0 Å². The molecule has 0 aliphatic heterocycles. The van der Waals surface area contributed by atoms with Crippen molar-refractivity contribution in [1.82, 2.24) is 5.32 Å². The van der Waals surface area contributed by atoms with Crippen molar-refractivity contribution in [2.24, 2.45) is 23.2 Å². The van der Waals surface area contributed by atoms with Crippen molar-refractivity contribution in [1.29, 1.82) is 0 Å². The van der Waals surface area contributed by atoms with E-state index >= 15 is 0 Å². The monoisotopic (exact) mass is 249 g/mol. The van der Waals surface area contributed by atoms with Crippen molar-refractivity contribution in [2.75, 3.05) is 0 Å². The van der Waals surface area contributed by atoms with Gasteiger partial charge in [0.2, 0.25) is 5.91 Å². The predicted molar refractivity (Wildman–Crippen MR) is 65.5 cm³/mol. The molecule has 0 unspecified atom stereocenters. The number of carboxylic acid groups (broad SMARTS) is 1. The second-order valence-electron chi connectivity index (χ2n) is 6.44. The van der Waals surface area contributed by atoms with Gasteiger partial charge in [-0.05, 0) is 56.3 Å². The van der Waals surface area contributed by atoms with Crippen molar-refractivity contribution in [2.45, 2.75) is 38.5 Å². The summed E-state index contributed by atoms with van der Waals surface area (Å²) >= 11 is 0. The van der Waals surface area contributed by atoms with Crippen LogP contribution in [-0.2, 0) is 9.59 Å². The van der Waals surface area contributed by atoms with Crippen molar-refractivity contribution in [3.63, 3.8) is 0 Å².